The number of alkyl halides is 3. The molecule has 0 fully saturated rings. The Bertz CT molecular complexity index is 451. The molecule has 0 bridgehead atoms. The predicted octanol–water partition coefficient (Wildman–Crippen LogP) is -1.54. The number of rotatable bonds is 1. The van der Waals surface area contributed by atoms with Crippen LogP contribution in [0.2, 0.25) is 0 Å². The van der Waals surface area contributed by atoms with Gasteiger partial charge < -0.3 is 1.43 Å². The quantitative estimate of drug-likeness (QED) is 0.485. The second-order valence-electron chi connectivity index (χ2n) is 2.33. The maximum Gasteiger partial charge on any atom is 1.00 e. The van der Waals surface area contributed by atoms with E-state index >= 15 is 0 Å². The maximum absolute atomic E-state index is 12.2. The molecule has 0 amide bonds. The van der Waals surface area contributed by atoms with Crippen molar-refractivity contribution in [3.63, 3.8) is 0 Å². The van der Waals surface area contributed by atoms with E-state index in [0.717, 1.165) is 12.3 Å². The maximum atomic E-state index is 12.2. The topological polar surface area (TPSA) is 67.3 Å². The SMILES string of the molecule is O=S(=O)(O)c1ncccc1C(F)(F)F.[H-].[Na+]. The van der Waals surface area contributed by atoms with Gasteiger partial charge in [0.25, 0.3) is 0 Å². The van der Waals surface area contributed by atoms with Gasteiger partial charge in [-0.2, -0.15) is 21.6 Å². The number of hydrogen-bond acceptors (Lipinski definition) is 3. The number of nitrogens with zero attached hydrogens (tertiary/aromatic N) is 1. The predicted molar refractivity (Wildman–Crippen MR) is 40.2 cm³/mol. The summed E-state index contributed by atoms with van der Waals surface area (Å²) in [5.74, 6) is 0. The first-order valence-electron chi connectivity index (χ1n) is 3.22. The van der Waals surface area contributed by atoms with Gasteiger partial charge in [-0.3, -0.25) is 4.55 Å². The number of pyridine rings is 1. The average Bonchev–Trinajstić information content (AvgIpc) is 2.01. The molecule has 0 aliphatic carbocycles. The minimum Gasteiger partial charge on any atom is -1.00 e. The molecule has 9 heteroatoms. The van der Waals surface area contributed by atoms with Crippen LogP contribution in [-0.2, 0) is 16.3 Å². The molecule has 1 rings (SSSR count). The van der Waals surface area contributed by atoms with Crippen molar-refractivity contribution in [2.45, 2.75) is 11.2 Å². The summed E-state index contributed by atoms with van der Waals surface area (Å²) in [5.41, 5.74) is -1.48. The standard InChI is InChI=1S/C6H4F3NO3S.Na.H/c7-6(8,9)4-2-1-3-10-5(4)14(11,12)13;;/h1-3H,(H,11,12,13);;/q;+1;-1. The molecular formula is C6H5F3NNaO3S. The Labute approximate surface area is 107 Å². The van der Waals surface area contributed by atoms with Crippen LogP contribution in [0.25, 0.3) is 0 Å². The van der Waals surface area contributed by atoms with Crippen LogP contribution in [0.15, 0.2) is 23.4 Å². The average molecular weight is 251 g/mol. The first-order chi connectivity index (χ1) is 6.23. The van der Waals surface area contributed by atoms with Crippen LogP contribution in [0.4, 0.5) is 13.2 Å². The third-order valence-electron chi connectivity index (χ3n) is 1.32. The molecule has 0 saturated heterocycles. The fourth-order valence-corrected chi connectivity index (χ4v) is 1.47. The van der Waals surface area contributed by atoms with Crippen LogP contribution < -0.4 is 29.6 Å². The van der Waals surface area contributed by atoms with E-state index in [1.54, 1.807) is 0 Å². The summed E-state index contributed by atoms with van der Waals surface area (Å²) >= 11 is 0. The Hall–Kier alpha value is -0.150. The second-order valence-corrected chi connectivity index (χ2v) is 3.67. The van der Waals surface area contributed by atoms with Crippen molar-refractivity contribution in [3.05, 3.63) is 23.9 Å². The van der Waals surface area contributed by atoms with Crippen molar-refractivity contribution in [2.24, 2.45) is 0 Å². The monoisotopic (exact) mass is 251 g/mol. The van der Waals surface area contributed by atoms with Gasteiger partial charge in [-0.15, -0.1) is 0 Å². The summed E-state index contributed by atoms with van der Waals surface area (Å²) < 4.78 is 65.9. The minimum atomic E-state index is -4.95. The van der Waals surface area contributed by atoms with E-state index in [0.29, 0.717) is 6.07 Å². The minimum absolute atomic E-state index is 0. The summed E-state index contributed by atoms with van der Waals surface area (Å²) in [7, 11) is -4.95. The smallest absolute Gasteiger partial charge is 1.00 e. The van der Waals surface area contributed by atoms with E-state index in [1.165, 1.54) is 0 Å². The van der Waals surface area contributed by atoms with Crippen LogP contribution in [0.5, 0.6) is 0 Å². The molecule has 80 valence electrons. The third kappa shape index (κ3) is 3.72. The van der Waals surface area contributed by atoms with Crippen molar-refractivity contribution < 1.29 is 57.1 Å². The van der Waals surface area contributed by atoms with E-state index < -0.39 is 26.9 Å². The fraction of sp³-hybridized carbons (Fsp3) is 0.167. The van der Waals surface area contributed by atoms with Crippen LogP contribution in [-0.4, -0.2) is 18.0 Å². The van der Waals surface area contributed by atoms with Gasteiger partial charge in [0.1, 0.15) is 0 Å². The molecule has 1 heterocycles. The van der Waals surface area contributed by atoms with E-state index in [-0.39, 0.29) is 31.0 Å². The normalized spacial score (nSPS) is 12.0. The van der Waals surface area contributed by atoms with E-state index in [1.807, 2.05) is 0 Å². The molecule has 0 aliphatic rings. The molecule has 1 aromatic rings. The Morgan fingerprint density at radius 3 is 2.27 bits per heavy atom. The van der Waals surface area contributed by atoms with Crippen molar-refractivity contribution in [1.82, 2.24) is 4.98 Å². The fourth-order valence-electron chi connectivity index (χ4n) is 0.812. The van der Waals surface area contributed by atoms with Crippen molar-refractivity contribution >= 4 is 10.1 Å². The molecule has 0 aliphatic heterocycles. The van der Waals surface area contributed by atoms with Gasteiger partial charge >= 0.3 is 45.9 Å². The molecule has 0 radical (unpaired) electrons. The molecule has 0 unspecified atom stereocenters. The molecule has 0 atom stereocenters. The van der Waals surface area contributed by atoms with Crippen LogP contribution in [0.1, 0.15) is 6.99 Å². The Morgan fingerprint density at radius 1 is 1.40 bits per heavy atom. The van der Waals surface area contributed by atoms with Gasteiger partial charge in [0, 0.05) is 6.20 Å². The molecule has 4 nitrogen and oxygen atoms in total. The number of halogens is 3. The van der Waals surface area contributed by atoms with Crippen LogP contribution in [0.3, 0.4) is 0 Å². The zero-order valence-electron chi connectivity index (χ0n) is 8.49. The summed E-state index contributed by atoms with van der Waals surface area (Å²) in [6.45, 7) is 0. The van der Waals surface area contributed by atoms with Crippen molar-refractivity contribution in [2.75, 3.05) is 0 Å². The summed E-state index contributed by atoms with van der Waals surface area (Å²) in [6, 6.07) is 1.45. The van der Waals surface area contributed by atoms with E-state index in [4.69, 9.17) is 4.55 Å². The molecule has 0 aromatic carbocycles. The van der Waals surface area contributed by atoms with E-state index in [9.17, 15) is 21.6 Å². The van der Waals surface area contributed by atoms with Gasteiger partial charge in [-0.25, -0.2) is 4.98 Å². The third-order valence-corrected chi connectivity index (χ3v) is 2.13. The Balaban J connectivity index is 0. The van der Waals surface area contributed by atoms with Gasteiger partial charge in [0.15, 0.2) is 5.03 Å². The van der Waals surface area contributed by atoms with Crippen molar-refractivity contribution in [1.29, 1.82) is 0 Å². The van der Waals surface area contributed by atoms with Crippen LogP contribution in [0, 0.1) is 0 Å². The summed E-state index contributed by atoms with van der Waals surface area (Å²) in [5, 5.41) is -1.38. The first kappa shape index (κ1) is 14.8. The van der Waals surface area contributed by atoms with E-state index in [2.05, 4.69) is 4.98 Å². The molecule has 0 spiro atoms. The van der Waals surface area contributed by atoms with Gasteiger partial charge in [0.2, 0.25) is 0 Å². The zero-order valence-corrected chi connectivity index (χ0v) is 10.3. The molecular weight excluding hydrogens is 246 g/mol. The van der Waals surface area contributed by atoms with Gasteiger partial charge in [-0.05, 0) is 12.1 Å². The Kier molecular flexibility index (Phi) is 4.74. The zero-order chi connectivity index (χ0) is 11.0. The molecule has 1 N–H and O–H groups in total. The van der Waals surface area contributed by atoms with Crippen LogP contribution >= 0.6 is 0 Å². The summed E-state index contributed by atoms with van der Waals surface area (Å²) in [4.78, 5) is 2.96. The van der Waals surface area contributed by atoms with Crippen molar-refractivity contribution in [3.8, 4) is 0 Å². The van der Waals surface area contributed by atoms with Gasteiger partial charge in [-0.1, -0.05) is 0 Å². The summed E-state index contributed by atoms with van der Waals surface area (Å²) in [6.07, 6.45) is -4.02. The second kappa shape index (κ2) is 4.79. The number of aromatic nitrogens is 1. The molecule has 0 saturated carbocycles. The first-order valence-corrected chi connectivity index (χ1v) is 4.66. The number of hydrogen-bond donors (Lipinski definition) is 1. The van der Waals surface area contributed by atoms with Gasteiger partial charge in [0.05, 0.1) is 5.56 Å². The molecule has 1 aromatic heterocycles. The molecule has 15 heavy (non-hydrogen) atoms. The largest absolute Gasteiger partial charge is 1.00 e. The Morgan fingerprint density at radius 2 is 1.93 bits per heavy atom.